The van der Waals surface area contributed by atoms with E-state index in [-0.39, 0.29) is 5.75 Å². The number of hydrogen-bond acceptors (Lipinski definition) is 3. The fourth-order valence-electron chi connectivity index (χ4n) is 1.56. The van der Waals surface area contributed by atoms with Crippen LogP contribution in [0.1, 0.15) is 25.5 Å². The highest BCUT2D eigenvalue weighted by Gasteiger charge is 2.20. The summed E-state index contributed by atoms with van der Waals surface area (Å²) in [6, 6.07) is 3.25. The molecule has 0 saturated carbocycles. The second-order valence-electron chi connectivity index (χ2n) is 4.47. The molecule has 5 heteroatoms. The summed E-state index contributed by atoms with van der Waals surface area (Å²) in [7, 11) is 1.36. The van der Waals surface area contributed by atoms with E-state index in [9.17, 15) is 9.18 Å². The molecule has 0 spiro atoms. The lowest BCUT2D eigenvalue weighted by atomic mass is 10.1. The van der Waals surface area contributed by atoms with Crippen LogP contribution in [0.4, 0.5) is 4.39 Å². The van der Waals surface area contributed by atoms with Crippen LogP contribution >= 0.6 is 0 Å². The Kier molecular flexibility index (Phi) is 5.09. The maximum Gasteiger partial charge on any atom is 0.325 e. The molecule has 0 bridgehead atoms. The van der Waals surface area contributed by atoms with Gasteiger partial charge in [0.05, 0.1) is 7.11 Å². The zero-order valence-corrected chi connectivity index (χ0v) is 10.7. The average Bonchev–Trinajstić information content (AvgIpc) is 2.28. The molecule has 18 heavy (non-hydrogen) atoms. The maximum absolute atomic E-state index is 13.5. The molecule has 1 unspecified atom stereocenters. The van der Waals surface area contributed by atoms with Crippen molar-refractivity contribution in [1.82, 2.24) is 5.32 Å². The molecule has 0 aliphatic rings. The predicted octanol–water partition coefficient (Wildman–Crippen LogP) is 2.21. The molecule has 2 N–H and O–H groups in total. The lowest BCUT2D eigenvalue weighted by molar-refractivity contribution is -0.139. The van der Waals surface area contributed by atoms with Crippen molar-refractivity contribution in [2.45, 2.75) is 19.9 Å². The van der Waals surface area contributed by atoms with Gasteiger partial charge in [-0.25, -0.2) is 4.39 Å². The minimum Gasteiger partial charge on any atom is -0.494 e. The number of ether oxygens (including phenoxy) is 1. The molecular weight excluding hydrogens is 237 g/mol. The Morgan fingerprint density at radius 3 is 2.61 bits per heavy atom. The summed E-state index contributed by atoms with van der Waals surface area (Å²) in [5.74, 6) is -1.17. The molecule has 1 aromatic rings. The monoisotopic (exact) mass is 255 g/mol. The van der Waals surface area contributed by atoms with E-state index in [0.29, 0.717) is 18.0 Å². The zero-order valence-electron chi connectivity index (χ0n) is 10.7. The zero-order chi connectivity index (χ0) is 13.7. The molecule has 0 heterocycles. The summed E-state index contributed by atoms with van der Waals surface area (Å²) in [4.78, 5) is 11.2. The van der Waals surface area contributed by atoms with E-state index in [1.54, 1.807) is 6.07 Å². The highest BCUT2D eigenvalue weighted by Crippen LogP contribution is 2.22. The SMILES string of the molecule is COc1ccc(C(NCC(C)C)C(=O)O)cc1F. The number of aliphatic carboxylic acids is 1. The van der Waals surface area contributed by atoms with Crippen molar-refractivity contribution in [2.24, 2.45) is 5.92 Å². The summed E-state index contributed by atoms with van der Waals surface area (Å²) < 4.78 is 18.3. The van der Waals surface area contributed by atoms with Crippen molar-refractivity contribution in [3.8, 4) is 5.75 Å². The minimum atomic E-state index is -1.03. The van der Waals surface area contributed by atoms with Gasteiger partial charge in [0.25, 0.3) is 0 Å². The fraction of sp³-hybridized carbons (Fsp3) is 0.462. The first kappa shape index (κ1) is 14.4. The van der Waals surface area contributed by atoms with E-state index < -0.39 is 17.8 Å². The van der Waals surface area contributed by atoms with Crippen LogP contribution in [0.15, 0.2) is 18.2 Å². The number of carboxylic acids is 1. The number of halogens is 1. The number of methoxy groups -OCH3 is 1. The van der Waals surface area contributed by atoms with Crippen LogP contribution in [0.3, 0.4) is 0 Å². The van der Waals surface area contributed by atoms with Gasteiger partial charge in [0.15, 0.2) is 11.6 Å². The van der Waals surface area contributed by atoms with Crippen LogP contribution in [0.2, 0.25) is 0 Å². The van der Waals surface area contributed by atoms with E-state index in [1.807, 2.05) is 13.8 Å². The van der Waals surface area contributed by atoms with Gasteiger partial charge in [-0.3, -0.25) is 4.79 Å². The summed E-state index contributed by atoms with van der Waals surface area (Å²) in [5.41, 5.74) is 0.376. The number of hydrogen-bond donors (Lipinski definition) is 2. The van der Waals surface area contributed by atoms with Crippen molar-refractivity contribution in [1.29, 1.82) is 0 Å². The lowest BCUT2D eigenvalue weighted by Crippen LogP contribution is -2.31. The Labute approximate surface area is 106 Å². The van der Waals surface area contributed by atoms with Gasteiger partial charge in [-0.15, -0.1) is 0 Å². The standard InChI is InChI=1S/C13H18FNO3/c1-8(2)7-15-12(13(16)17)9-4-5-11(18-3)10(14)6-9/h4-6,8,12,15H,7H2,1-3H3,(H,16,17). The van der Waals surface area contributed by atoms with Crippen molar-refractivity contribution >= 4 is 5.97 Å². The molecule has 0 aromatic heterocycles. The van der Waals surface area contributed by atoms with E-state index in [1.165, 1.54) is 19.2 Å². The smallest absolute Gasteiger partial charge is 0.325 e. The second-order valence-corrected chi connectivity index (χ2v) is 4.47. The molecule has 1 atom stereocenters. The Hall–Kier alpha value is -1.62. The maximum atomic E-state index is 13.5. The summed E-state index contributed by atoms with van der Waals surface area (Å²) in [6.07, 6.45) is 0. The molecule has 1 rings (SSSR count). The third kappa shape index (κ3) is 3.70. The van der Waals surface area contributed by atoms with E-state index in [2.05, 4.69) is 5.32 Å². The number of carboxylic acid groups (broad SMARTS) is 1. The first-order valence-corrected chi connectivity index (χ1v) is 5.75. The van der Waals surface area contributed by atoms with Gasteiger partial charge in [-0.05, 0) is 30.2 Å². The Balaban J connectivity index is 2.92. The lowest BCUT2D eigenvalue weighted by Gasteiger charge is -2.17. The minimum absolute atomic E-state index is 0.103. The molecule has 0 aliphatic carbocycles. The van der Waals surface area contributed by atoms with Crippen molar-refractivity contribution in [2.75, 3.05) is 13.7 Å². The van der Waals surface area contributed by atoms with Gasteiger partial charge >= 0.3 is 5.97 Å². The van der Waals surface area contributed by atoms with Gasteiger partial charge in [0.1, 0.15) is 6.04 Å². The molecule has 0 fully saturated rings. The van der Waals surface area contributed by atoms with Gasteiger partial charge in [0.2, 0.25) is 0 Å². The number of carbonyl (C=O) groups is 1. The van der Waals surface area contributed by atoms with Gasteiger partial charge in [-0.2, -0.15) is 0 Å². The largest absolute Gasteiger partial charge is 0.494 e. The highest BCUT2D eigenvalue weighted by molar-refractivity contribution is 5.75. The molecule has 0 amide bonds. The van der Waals surface area contributed by atoms with Gasteiger partial charge in [-0.1, -0.05) is 19.9 Å². The topological polar surface area (TPSA) is 58.6 Å². The number of rotatable bonds is 6. The third-order valence-electron chi connectivity index (χ3n) is 2.49. The molecule has 0 aliphatic heterocycles. The predicted molar refractivity (Wildman–Crippen MR) is 66.2 cm³/mol. The average molecular weight is 255 g/mol. The number of nitrogens with one attached hydrogen (secondary N) is 1. The van der Waals surface area contributed by atoms with E-state index >= 15 is 0 Å². The van der Waals surface area contributed by atoms with Crippen molar-refractivity contribution in [3.05, 3.63) is 29.6 Å². The van der Waals surface area contributed by atoms with Crippen LogP contribution in [0.5, 0.6) is 5.75 Å². The summed E-state index contributed by atoms with van der Waals surface area (Å²) in [5, 5.41) is 12.0. The first-order valence-electron chi connectivity index (χ1n) is 5.75. The second kappa shape index (κ2) is 6.35. The van der Waals surface area contributed by atoms with E-state index in [4.69, 9.17) is 9.84 Å². The normalized spacial score (nSPS) is 12.5. The Morgan fingerprint density at radius 1 is 1.50 bits per heavy atom. The third-order valence-corrected chi connectivity index (χ3v) is 2.49. The summed E-state index contributed by atoms with van der Waals surface area (Å²) >= 11 is 0. The Morgan fingerprint density at radius 2 is 2.17 bits per heavy atom. The van der Waals surface area contributed by atoms with Crippen molar-refractivity contribution < 1.29 is 19.0 Å². The molecule has 0 saturated heterocycles. The van der Waals surface area contributed by atoms with Crippen LogP contribution in [0.25, 0.3) is 0 Å². The van der Waals surface area contributed by atoms with Crippen LogP contribution in [0, 0.1) is 11.7 Å². The molecule has 100 valence electrons. The van der Waals surface area contributed by atoms with Gasteiger partial charge < -0.3 is 15.2 Å². The quantitative estimate of drug-likeness (QED) is 0.818. The summed E-state index contributed by atoms with van der Waals surface area (Å²) in [6.45, 7) is 4.49. The first-order chi connectivity index (χ1) is 8.45. The molecule has 4 nitrogen and oxygen atoms in total. The number of benzene rings is 1. The fourth-order valence-corrected chi connectivity index (χ4v) is 1.56. The highest BCUT2D eigenvalue weighted by atomic mass is 19.1. The molecule has 0 radical (unpaired) electrons. The van der Waals surface area contributed by atoms with Crippen LogP contribution in [-0.2, 0) is 4.79 Å². The Bertz CT molecular complexity index is 421. The van der Waals surface area contributed by atoms with E-state index in [0.717, 1.165) is 0 Å². The van der Waals surface area contributed by atoms with Gasteiger partial charge in [0, 0.05) is 0 Å². The van der Waals surface area contributed by atoms with Crippen LogP contribution < -0.4 is 10.1 Å². The van der Waals surface area contributed by atoms with Crippen molar-refractivity contribution in [3.63, 3.8) is 0 Å². The molecule has 1 aromatic carbocycles. The molecular formula is C13H18FNO3. The van der Waals surface area contributed by atoms with Crippen LogP contribution in [-0.4, -0.2) is 24.7 Å².